The van der Waals surface area contributed by atoms with Gasteiger partial charge in [-0.3, -0.25) is 9.59 Å². The Morgan fingerprint density at radius 2 is 2.22 bits per heavy atom. The SMILES string of the molecule is N=CC(C(=O)c1c[nH]c(C(=O)NC[C@@H]2CCCO2)c1)c1cccc(F)c1F. The Morgan fingerprint density at radius 1 is 1.41 bits per heavy atom. The first-order chi connectivity index (χ1) is 13.0. The smallest absolute Gasteiger partial charge is 0.267 e. The zero-order valence-corrected chi connectivity index (χ0v) is 14.4. The fourth-order valence-corrected chi connectivity index (χ4v) is 3.02. The van der Waals surface area contributed by atoms with Crippen LogP contribution >= 0.6 is 0 Å². The standard InChI is InChI=1S/C19H19F2N3O3/c20-15-5-1-4-13(17(15)21)14(8-22)18(25)11-7-16(23-9-11)19(26)24-10-12-3-2-6-27-12/h1,4-5,7-9,12,14,22-23H,2-3,6,10H2,(H,24,26)/t12-,14?/m0/s1. The molecular formula is C19H19F2N3O3. The van der Waals surface area contributed by atoms with E-state index in [1.165, 1.54) is 24.4 Å². The molecule has 8 heteroatoms. The van der Waals surface area contributed by atoms with Crippen molar-refractivity contribution in [2.24, 2.45) is 0 Å². The third kappa shape index (κ3) is 4.11. The van der Waals surface area contributed by atoms with E-state index in [2.05, 4.69) is 10.3 Å². The molecule has 1 unspecified atom stereocenters. The summed E-state index contributed by atoms with van der Waals surface area (Å²) in [7, 11) is 0. The highest BCUT2D eigenvalue weighted by molar-refractivity contribution is 6.10. The lowest BCUT2D eigenvalue weighted by Crippen LogP contribution is -2.31. The second kappa shape index (κ2) is 8.22. The second-order valence-electron chi connectivity index (χ2n) is 6.30. The molecule has 1 amide bonds. The lowest BCUT2D eigenvalue weighted by Gasteiger charge is -2.11. The second-order valence-corrected chi connectivity index (χ2v) is 6.30. The largest absolute Gasteiger partial charge is 0.376 e. The van der Waals surface area contributed by atoms with Gasteiger partial charge in [-0.15, -0.1) is 0 Å². The Hall–Kier alpha value is -2.87. The van der Waals surface area contributed by atoms with Gasteiger partial charge in [0, 0.05) is 36.7 Å². The Labute approximate surface area is 154 Å². The molecule has 27 heavy (non-hydrogen) atoms. The predicted octanol–water partition coefficient (Wildman–Crippen LogP) is 2.82. The molecule has 1 aromatic carbocycles. The van der Waals surface area contributed by atoms with E-state index in [4.69, 9.17) is 10.1 Å². The van der Waals surface area contributed by atoms with E-state index < -0.39 is 29.2 Å². The van der Waals surface area contributed by atoms with Crippen molar-refractivity contribution >= 4 is 17.9 Å². The van der Waals surface area contributed by atoms with E-state index >= 15 is 0 Å². The van der Waals surface area contributed by atoms with Crippen molar-refractivity contribution in [2.75, 3.05) is 13.2 Å². The summed E-state index contributed by atoms with van der Waals surface area (Å²) in [5.74, 6) is -4.53. The number of benzene rings is 1. The lowest BCUT2D eigenvalue weighted by atomic mass is 9.92. The number of rotatable bonds is 7. The summed E-state index contributed by atoms with van der Waals surface area (Å²) in [4.78, 5) is 27.5. The Kier molecular flexibility index (Phi) is 5.75. The van der Waals surface area contributed by atoms with Crippen LogP contribution in [0.2, 0.25) is 0 Å². The fraction of sp³-hybridized carbons (Fsp3) is 0.316. The molecule has 2 atom stereocenters. The molecule has 1 saturated heterocycles. The predicted molar refractivity (Wildman–Crippen MR) is 94.3 cm³/mol. The number of hydrogen-bond acceptors (Lipinski definition) is 4. The number of carbonyl (C=O) groups excluding carboxylic acids is 2. The number of ketones is 1. The van der Waals surface area contributed by atoms with E-state index in [0.717, 1.165) is 25.1 Å². The third-order valence-electron chi connectivity index (χ3n) is 4.49. The van der Waals surface area contributed by atoms with Gasteiger partial charge in [-0.25, -0.2) is 8.78 Å². The number of ether oxygens (including phenoxy) is 1. The maximum Gasteiger partial charge on any atom is 0.267 e. The highest BCUT2D eigenvalue weighted by atomic mass is 19.2. The highest BCUT2D eigenvalue weighted by Gasteiger charge is 2.26. The summed E-state index contributed by atoms with van der Waals surface area (Å²) >= 11 is 0. The normalized spacial score (nSPS) is 17.5. The number of hydrogen-bond donors (Lipinski definition) is 3. The van der Waals surface area contributed by atoms with Crippen LogP contribution in [0.4, 0.5) is 8.78 Å². The Bertz CT molecular complexity index is 860. The molecule has 6 nitrogen and oxygen atoms in total. The van der Waals surface area contributed by atoms with Crippen LogP contribution in [0.1, 0.15) is 45.2 Å². The van der Waals surface area contributed by atoms with Gasteiger partial charge in [0.05, 0.1) is 12.0 Å². The molecule has 0 aliphatic carbocycles. The highest BCUT2D eigenvalue weighted by Crippen LogP contribution is 2.24. The van der Waals surface area contributed by atoms with Crippen molar-refractivity contribution in [1.82, 2.24) is 10.3 Å². The van der Waals surface area contributed by atoms with Crippen LogP contribution in [0, 0.1) is 17.0 Å². The number of nitrogens with one attached hydrogen (secondary N) is 3. The zero-order valence-electron chi connectivity index (χ0n) is 14.4. The molecule has 0 spiro atoms. The molecule has 142 valence electrons. The maximum absolute atomic E-state index is 14.0. The van der Waals surface area contributed by atoms with Gasteiger partial charge in [-0.1, -0.05) is 12.1 Å². The van der Waals surface area contributed by atoms with Gasteiger partial charge in [0.25, 0.3) is 5.91 Å². The van der Waals surface area contributed by atoms with Crippen molar-refractivity contribution in [2.45, 2.75) is 24.9 Å². The van der Waals surface area contributed by atoms with Gasteiger partial charge >= 0.3 is 0 Å². The van der Waals surface area contributed by atoms with E-state index in [0.29, 0.717) is 13.2 Å². The quantitative estimate of drug-likeness (QED) is 0.513. The van der Waals surface area contributed by atoms with Crippen LogP contribution in [0.5, 0.6) is 0 Å². The topological polar surface area (TPSA) is 95.0 Å². The summed E-state index contributed by atoms with van der Waals surface area (Å²) < 4.78 is 32.8. The van der Waals surface area contributed by atoms with Crippen molar-refractivity contribution in [3.8, 4) is 0 Å². The summed E-state index contributed by atoms with van der Waals surface area (Å²) in [5, 5.41) is 10.2. The summed E-state index contributed by atoms with van der Waals surface area (Å²) in [5.41, 5.74) is 0.0507. The van der Waals surface area contributed by atoms with Crippen LogP contribution < -0.4 is 5.32 Å². The third-order valence-corrected chi connectivity index (χ3v) is 4.49. The number of amides is 1. The van der Waals surface area contributed by atoms with Gasteiger partial charge in [0.2, 0.25) is 0 Å². The van der Waals surface area contributed by atoms with E-state index in [-0.39, 0.29) is 22.9 Å². The van der Waals surface area contributed by atoms with Crippen molar-refractivity contribution in [3.05, 3.63) is 58.9 Å². The number of halogens is 2. The van der Waals surface area contributed by atoms with E-state index in [1.54, 1.807) is 0 Å². The number of aromatic amines is 1. The van der Waals surface area contributed by atoms with Crippen molar-refractivity contribution in [3.63, 3.8) is 0 Å². The number of aromatic nitrogens is 1. The summed E-state index contributed by atoms with van der Waals surface area (Å²) in [6.45, 7) is 1.06. The van der Waals surface area contributed by atoms with Gasteiger partial charge in [0.1, 0.15) is 5.69 Å². The molecule has 0 saturated carbocycles. The van der Waals surface area contributed by atoms with Gasteiger partial charge < -0.3 is 20.4 Å². The molecule has 0 radical (unpaired) electrons. The van der Waals surface area contributed by atoms with Crippen molar-refractivity contribution < 1.29 is 23.1 Å². The molecule has 1 aromatic heterocycles. The first-order valence-electron chi connectivity index (χ1n) is 8.58. The van der Waals surface area contributed by atoms with Crippen LogP contribution in [-0.4, -0.2) is 42.1 Å². The molecular weight excluding hydrogens is 356 g/mol. The minimum Gasteiger partial charge on any atom is -0.376 e. The number of Topliss-reactive ketones (excluding diaryl/α,β-unsaturated/α-hetero) is 1. The first-order valence-corrected chi connectivity index (χ1v) is 8.58. The van der Waals surface area contributed by atoms with Crippen molar-refractivity contribution in [1.29, 1.82) is 5.41 Å². The number of H-pyrrole nitrogens is 1. The molecule has 3 N–H and O–H groups in total. The first kappa shape index (κ1) is 18.9. The lowest BCUT2D eigenvalue weighted by molar-refractivity contribution is 0.0854. The van der Waals surface area contributed by atoms with E-state index in [9.17, 15) is 18.4 Å². The van der Waals surface area contributed by atoms with Gasteiger partial charge in [-0.2, -0.15) is 0 Å². The van der Waals surface area contributed by atoms with Gasteiger partial charge in [0.15, 0.2) is 17.4 Å². The van der Waals surface area contributed by atoms with Crippen LogP contribution in [-0.2, 0) is 4.74 Å². The maximum atomic E-state index is 14.0. The molecule has 3 rings (SSSR count). The van der Waals surface area contributed by atoms with Gasteiger partial charge in [-0.05, 0) is 25.0 Å². The molecule has 1 aliphatic heterocycles. The molecule has 0 bridgehead atoms. The summed E-state index contributed by atoms with van der Waals surface area (Å²) in [6, 6.07) is 4.81. The minimum absolute atomic E-state index is 0.0109. The number of carbonyl (C=O) groups is 2. The molecule has 1 fully saturated rings. The summed E-state index contributed by atoms with van der Waals surface area (Å²) in [6.07, 6.45) is 3.91. The molecule has 2 aromatic rings. The zero-order chi connectivity index (χ0) is 19.4. The minimum atomic E-state index is -1.28. The Morgan fingerprint density at radius 3 is 2.93 bits per heavy atom. The van der Waals surface area contributed by atoms with Crippen LogP contribution in [0.3, 0.4) is 0 Å². The fourth-order valence-electron chi connectivity index (χ4n) is 3.02. The molecule has 1 aliphatic rings. The van der Waals surface area contributed by atoms with Crippen LogP contribution in [0.15, 0.2) is 30.5 Å². The van der Waals surface area contributed by atoms with E-state index in [1.807, 2.05) is 0 Å². The average molecular weight is 375 g/mol. The monoisotopic (exact) mass is 375 g/mol. The molecule has 2 heterocycles. The average Bonchev–Trinajstić information content (AvgIpc) is 3.35. The van der Waals surface area contributed by atoms with Crippen LogP contribution in [0.25, 0.3) is 0 Å². The Balaban J connectivity index is 1.72.